The fourth-order valence-electron chi connectivity index (χ4n) is 6.33. The van der Waals surface area contributed by atoms with Crippen LogP contribution in [0.5, 0.6) is 0 Å². The molecule has 3 aromatic carbocycles. The summed E-state index contributed by atoms with van der Waals surface area (Å²) in [4.78, 5) is 46.1. The fraction of sp³-hybridized carbons (Fsp3) is 0.361. The highest BCUT2D eigenvalue weighted by Crippen LogP contribution is 2.29. The number of nitrogens with two attached hydrogens (primary N) is 1. The quantitative estimate of drug-likeness (QED) is 0.179. The van der Waals surface area contributed by atoms with E-state index in [-0.39, 0.29) is 41.3 Å². The number of rotatable bonds is 10. The molecule has 11 nitrogen and oxygen atoms in total. The van der Waals surface area contributed by atoms with Crippen molar-refractivity contribution in [2.45, 2.75) is 38.1 Å². The third-order valence-corrected chi connectivity index (χ3v) is 9.35. The van der Waals surface area contributed by atoms with Crippen LogP contribution in [0.3, 0.4) is 0 Å². The molecule has 3 amide bonds. The lowest BCUT2D eigenvalue weighted by Gasteiger charge is -2.28. The molecule has 2 fully saturated rings. The Morgan fingerprint density at radius 1 is 0.939 bits per heavy atom. The van der Waals surface area contributed by atoms with E-state index in [4.69, 9.17) is 22.1 Å². The van der Waals surface area contributed by atoms with E-state index in [0.717, 1.165) is 47.9 Å². The zero-order chi connectivity index (χ0) is 33.5. The van der Waals surface area contributed by atoms with E-state index in [9.17, 15) is 14.4 Å². The molecule has 13 heteroatoms. The Morgan fingerprint density at radius 3 is 2.29 bits per heavy atom. The summed E-state index contributed by atoms with van der Waals surface area (Å²) >= 11 is 5.87. The van der Waals surface area contributed by atoms with Crippen LogP contribution in [0.4, 0.5) is 5.69 Å². The summed E-state index contributed by atoms with van der Waals surface area (Å²) in [5.74, 6) is 0.309. The summed E-state index contributed by atoms with van der Waals surface area (Å²) in [5, 5.41) is 12.9. The van der Waals surface area contributed by atoms with Crippen LogP contribution < -0.4 is 16.4 Å². The summed E-state index contributed by atoms with van der Waals surface area (Å²) in [7, 11) is 0. The Labute approximate surface area is 296 Å². The topological polar surface area (TPSA) is 155 Å². The molecule has 0 bridgehead atoms. The van der Waals surface area contributed by atoms with Gasteiger partial charge in [-0.2, -0.15) is 10.1 Å². The van der Waals surface area contributed by atoms with E-state index < -0.39 is 6.04 Å². The number of ether oxygens (including phenoxy) is 1. The number of hydrogen-bond donors (Lipinski definition) is 4. The number of carbonyl (C=O) groups is 3. The third-order valence-electron chi connectivity index (χ3n) is 9.18. The first-order chi connectivity index (χ1) is 23.4. The molecule has 2 aliphatic rings. The van der Waals surface area contributed by atoms with Crippen LogP contribution in [0.2, 0.25) is 5.28 Å². The Kier molecular flexibility index (Phi) is 12.4. The standard InChI is InChI=1S/C36H40ClN7O4.ClH/c37-36-41-32(42-43-36)26-12-14-30(15-13-26)39-34(46)31(40-33(45)27-6-4-23(22-38)5-7-27)21-24-2-1-3-29(20-24)25-8-10-28(11-9-25)35(47)44-16-18-48-19-17-44;/h1-3,8-15,20,23,27,31H,4-7,16-19,21-22,38H2,(H,39,46)(H,40,45)(H,41,42,43);1H/t23?,27?,31-;/m0./s1. The molecule has 1 saturated heterocycles. The number of halogens is 2. The second-order valence-electron chi connectivity index (χ2n) is 12.4. The summed E-state index contributed by atoms with van der Waals surface area (Å²) in [6.45, 7) is 2.91. The SMILES string of the molecule is Cl.NCC1CCC(C(=O)N[C@@H](Cc2cccc(-c3ccc(C(=O)N4CCOCC4)cc3)c2)C(=O)Nc2ccc(-c3n[nH]c(Cl)n3)cc2)CC1. The van der Waals surface area contributed by atoms with Gasteiger partial charge in [-0.1, -0.05) is 36.4 Å². The van der Waals surface area contributed by atoms with Gasteiger partial charge in [-0.25, -0.2) is 5.10 Å². The molecular formula is C36H41Cl2N7O4. The number of carbonyl (C=O) groups excluding carboxylic acids is 3. The Morgan fingerprint density at radius 2 is 1.63 bits per heavy atom. The van der Waals surface area contributed by atoms with Crippen LogP contribution in [0.1, 0.15) is 41.6 Å². The number of benzene rings is 3. The van der Waals surface area contributed by atoms with Gasteiger partial charge in [0.15, 0.2) is 5.82 Å². The molecule has 0 radical (unpaired) electrons. The lowest BCUT2D eigenvalue weighted by molar-refractivity contribution is -0.130. The molecule has 0 unspecified atom stereocenters. The number of nitrogens with one attached hydrogen (secondary N) is 3. The molecule has 1 saturated carbocycles. The molecule has 258 valence electrons. The monoisotopic (exact) mass is 705 g/mol. The van der Waals surface area contributed by atoms with E-state index in [2.05, 4.69) is 25.8 Å². The molecule has 2 heterocycles. The fourth-order valence-corrected chi connectivity index (χ4v) is 6.45. The molecule has 1 aliphatic heterocycles. The van der Waals surface area contributed by atoms with Crippen LogP contribution >= 0.6 is 24.0 Å². The predicted molar refractivity (Wildman–Crippen MR) is 191 cm³/mol. The van der Waals surface area contributed by atoms with Crippen molar-refractivity contribution in [2.24, 2.45) is 17.6 Å². The van der Waals surface area contributed by atoms with Crippen molar-refractivity contribution >= 4 is 47.4 Å². The highest BCUT2D eigenvalue weighted by Gasteiger charge is 2.29. The average Bonchev–Trinajstić information content (AvgIpc) is 3.58. The minimum atomic E-state index is -0.806. The van der Waals surface area contributed by atoms with E-state index in [1.54, 1.807) is 24.3 Å². The van der Waals surface area contributed by atoms with Gasteiger partial charge in [0, 0.05) is 42.2 Å². The number of H-pyrrole nitrogens is 1. The number of nitrogens with zero attached hydrogens (tertiary/aromatic N) is 3. The van der Waals surface area contributed by atoms with E-state index in [1.807, 2.05) is 53.4 Å². The zero-order valence-corrected chi connectivity index (χ0v) is 28.6. The first-order valence-electron chi connectivity index (χ1n) is 16.4. The third kappa shape index (κ3) is 9.24. The normalized spacial score (nSPS) is 18.2. The number of aromatic nitrogens is 3. The van der Waals surface area contributed by atoms with Gasteiger partial charge in [0.1, 0.15) is 6.04 Å². The predicted octanol–water partition coefficient (Wildman–Crippen LogP) is 5.12. The highest BCUT2D eigenvalue weighted by atomic mass is 35.5. The summed E-state index contributed by atoms with van der Waals surface area (Å²) in [6, 6.07) is 21.8. The Balaban J connectivity index is 0.00000468. The van der Waals surface area contributed by atoms with Crippen molar-refractivity contribution in [3.05, 3.63) is 89.2 Å². The van der Waals surface area contributed by atoms with E-state index in [0.29, 0.717) is 62.3 Å². The van der Waals surface area contributed by atoms with Gasteiger partial charge in [-0.15, -0.1) is 12.4 Å². The van der Waals surface area contributed by atoms with Gasteiger partial charge in [0.05, 0.1) is 13.2 Å². The van der Waals surface area contributed by atoms with Crippen molar-refractivity contribution in [1.29, 1.82) is 0 Å². The van der Waals surface area contributed by atoms with Crippen molar-refractivity contribution in [2.75, 3.05) is 38.2 Å². The highest BCUT2D eigenvalue weighted by molar-refractivity contribution is 6.28. The minimum absolute atomic E-state index is 0. The number of morpholine rings is 1. The molecular weight excluding hydrogens is 665 g/mol. The van der Waals surface area contributed by atoms with Crippen LogP contribution in [-0.2, 0) is 20.7 Å². The van der Waals surface area contributed by atoms with Crippen molar-refractivity contribution in [1.82, 2.24) is 25.4 Å². The van der Waals surface area contributed by atoms with Crippen LogP contribution in [0, 0.1) is 11.8 Å². The molecule has 0 spiro atoms. The summed E-state index contributed by atoms with van der Waals surface area (Å²) in [6.07, 6.45) is 3.63. The lowest BCUT2D eigenvalue weighted by Crippen LogP contribution is -2.48. The van der Waals surface area contributed by atoms with E-state index >= 15 is 0 Å². The van der Waals surface area contributed by atoms with E-state index in [1.165, 1.54) is 0 Å². The van der Waals surface area contributed by atoms with Gasteiger partial charge >= 0.3 is 0 Å². The largest absolute Gasteiger partial charge is 0.378 e. The summed E-state index contributed by atoms with van der Waals surface area (Å²) in [5.41, 5.74) is 10.6. The Hall–Kier alpha value is -4.29. The molecule has 4 aromatic rings. The van der Waals surface area contributed by atoms with Gasteiger partial charge in [0.2, 0.25) is 17.1 Å². The van der Waals surface area contributed by atoms with Gasteiger partial charge in [-0.05, 0) is 103 Å². The summed E-state index contributed by atoms with van der Waals surface area (Å²) < 4.78 is 5.37. The van der Waals surface area contributed by atoms with Gasteiger partial charge < -0.3 is 26.0 Å². The number of amides is 3. The van der Waals surface area contributed by atoms with Crippen LogP contribution in [-0.4, -0.2) is 76.7 Å². The zero-order valence-electron chi connectivity index (χ0n) is 27.1. The number of aromatic amines is 1. The molecule has 1 atom stereocenters. The second-order valence-corrected chi connectivity index (χ2v) is 12.8. The molecule has 5 N–H and O–H groups in total. The Bertz CT molecular complexity index is 1720. The second kappa shape index (κ2) is 16.9. The molecule has 49 heavy (non-hydrogen) atoms. The minimum Gasteiger partial charge on any atom is -0.378 e. The van der Waals surface area contributed by atoms with Crippen LogP contribution in [0.15, 0.2) is 72.8 Å². The molecule has 1 aliphatic carbocycles. The maximum atomic E-state index is 13.7. The van der Waals surface area contributed by atoms with Crippen molar-refractivity contribution in [3.63, 3.8) is 0 Å². The average molecular weight is 707 g/mol. The number of hydrogen-bond acceptors (Lipinski definition) is 7. The van der Waals surface area contributed by atoms with Crippen molar-refractivity contribution in [3.8, 4) is 22.5 Å². The van der Waals surface area contributed by atoms with Gasteiger partial charge in [-0.3, -0.25) is 14.4 Å². The maximum Gasteiger partial charge on any atom is 0.254 e. The smallest absolute Gasteiger partial charge is 0.254 e. The van der Waals surface area contributed by atoms with Crippen LogP contribution in [0.25, 0.3) is 22.5 Å². The number of anilines is 1. The molecule has 6 rings (SSSR count). The van der Waals surface area contributed by atoms with Crippen molar-refractivity contribution < 1.29 is 19.1 Å². The lowest BCUT2D eigenvalue weighted by atomic mass is 9.81. The molecule has 1 aromatic heterocycles. The van der Waals surface area contributed by atoms with Gasteiger partial charge in [0.25, 0.3) is 5.91 Å². The maximum absolute atomic E-state index is 13.7. The first kappa shape index (κ1) is 36.0. The first-order valence-corrected chi connectivity index (χ1v) is 16.8.